The van der Waals surface area contributed by atoms with E-state index in [4.69, 9.17) is 0 Å². The molecular formula is C24H15F5N5+. The third kappa shape index (κ3) is 4.21. The first-order valence-electron chi connectivity index (χ1n) is 10.1. The highest BCUT2D eigenvalue weighted by molar-refractivity contribution is 5.77. The summed E-state index contributed by atoms with van der Waals surface area (Å²) in [5.74, 6) is -1.76. The summed E-state index contributed by atoms with van der Waals surface area (Å²) in [6.45, 7) is 0.360. The van der Waals surface area contributed by atoms with Crippen molar-refractivity contribution in [1.29, 1.82) is 0 Å². The van der Waals surface area contributed by atoms with E-state index in [1.54, 1.807) is 29.2 Å². The standard InChI is InChI=1S/C24H14F5N5/c25-18-3-1-2-17(22(18)26)23-32-20-11-31-34(13-21(20)33-23)12-14-4-9-19(30-10-14)15-5-7-16(8-6-15)24(27,28)29/h1-11,13H,12H2/p+1. The van der Waals surface area contributed by atoms with Crippen LogP contribution in [0.25, 0.3) is 33.7 Å². The fraction of sp³-hybridized carbons (Fsp3) is 0.0833. The molecule has 3 heterocycles. The van der Waals surface area contributed by atoms with Gasteiger partial charge in [0.2, 0.25) is 12.7 Å². The van der Waals surface area contributed by atoms with Crippen molar-refractivity contribution in [3.63, 3.8) is 0 Å². The van der Waals surface area contributed by atoms with Gasteiger partial charge in [-0.2, -0.15) is 13.2 Å². The number of rotatable bonds is 4. The number of hydrogen-bond acceptors (Lipinski definition) is 3. The number of hydrogen-bond donors (Lipinski definition) is 1. The molecule has 0 radical (unpaired) electrons. The van der Waals surface area contributed by atoms with E-state index in [9.17, 15) is 22.0 Å². The van der Waals surface area contributed by atoms with Gasteiger partial charge in [-0.3, -0.25) is 4.98 Å². The maximum absolute atomic E-state index is 14.1. The number of nitrogens with zero attached hydrogens (tertiary/aromatic N) is 4. The van der Waals surface area contributed by atoms with Gasteiger partial charge in [0.25, 0.3) is 0 Å². The van der Waals surface area contributed by atoms with E-state index >= 15 is 0 Å². The van der Waals surface area contributed by atoms with E-state index in [0.717, 1.165) is 23.8 Å². The molecule has 1 N–H and O–H groups in total. The lowest BCUT2D eigenvalue weighted by Crippen LogP contribution is -2.37. The maximum atomic E-state index is 14.1. The SMILES string of the molecule is Fc1cccc(-c2nc3cn[n+](Cc4ccc(-c5ccc(C(F)(F)F)cc5)nc4)cc3[nH]2)c1F. The molecule has 0 aliphatic heterocycles. The van der Waals surface area contributed by atoms with Gasteiger partial charge in [-0.15, -0.1) is 0 Å². The van der Waals surface area contributed by atoms with Gasteiger partial charge in [-0.05, 0) is 41.5 Å². The molecule has 0 amide bonds. The fourth-order valence-electron chi connectivity index (χ4n) is 3.51. The summed E-state index contributed by atoms with van der Waals surface area (Å²) in [6.07, 6.45) is 0.428. The van der Waals surface area contributed by atoms with Crippen LogP contribution in [0.1, 0.15) is 11.1 Å². The summed E-state index contributed by atoms with van der Waals surface area (Å²) in [6, 6.07) is 12.2. The molecule has 0 saturated carbocycles. The molecule has 0 atom stereocenters. The Kier molecular flexibility index (Phi) is 5.27. The molecule has 5 nitrogen and oxygen atoms in total. The summed E-state index contributed by atoms with van der Waals surface area (Å²) in [7, 11) is 0. The Bertz CT molecular complexity index is 1480. The predicted octanol–water partition coefficient (Wildman–Crippen LogP) is 5.32. The van der Waals surface area contributed by atoms with E-state index in [1.807, 2.05) is 0 Å². The van der Waals surface area contributed by atoms with Crippen molar-refractivity contribution in [3.05, 3.63) is 95.9 Å². The monoisotopic (exact) mass is 468 g/mol. The van der Waals surface area contributed by atoms with Crippen LogP contribution in [-0.2, 0) is 12.7 Å². The number of imidazole rings is 1. The van der Waals surface area contributed by atoms with E-state index in [2.05, 4.69) is 20.1 Å². The fourth-order valence-corrected chi connectivity index (χ4v) is 3.51. The Morgan fingerprint density at radius 1 is 0.912 bits per heavy atom. The average molecular weight is 468 g/mol. The number of aromatic amines is 1. The van der Waals surface area contributed by atoms with Crippen molar-refractivity contribution < 1.29 is 26.6 Å². The molecule has 0 aliphatic carbocycles. The number of benzene rings is 2. The first-order chi connectivity index (χ1) is 16.3. The third-order valence-corrected chi connectivity index (χ3v) is 5.25. The lowest BCUT2D eigenvalue weighted by atomic mass is 10.1. The molecule has 0 aliphatic rings. The Morgan fingerprint density at radius 3 is 2.41 bits per heavy atom. The second-order valence-corrected chi connectivity index (χ2v) is 7.58. The van der Waals surface area contributed by atoms with E-state index in [-0.39, 0.29) is 11.4 Å². The number of aromatic nitrogens is 5. The number of H-pyrrole nitrogens is 1. The Balaban J connectivity index is 1.35. The Morgan fingerprint density at radius 2 is 1.71 bits per heavy atom. The molecule has 2 aromatic carbocycles. The van der Waals surface area contributed by atoms with E-state index in [1.165, 1.54) is 30.5 Å². The molecule has 0 fully saturated rings. The molecular weight excluding hydrogens is 453 g/mol. The van der Waals surface area contributed by atoms with Gasteiger partial charge >= 0.3 is 6.18 Å². The molecule has 3 aromatic heterocycles. The van der Waals surface area contributed by atoms with E-state index < -0.39 is 23.4 Å². The van der Waals surface area contributed by atoms with Crippen molar-refractivity contribution in [2.24, 2.45) is 0 Å². The summed E-state index contributed by atoms with van der Waals surface area (Å²) in [4.78, 5) is 11.6. The summed E-state index contributed by atoms with van der Waals surface area (Å²) >= 11 is 0. The van der Waals surface area contributed by atoms with Crippen LogP contribution in [0.3, 0.4) is 0 Å². The van der Waals surface area contributed by atoms with Crippen molar-refractivity contribution in [1.82, 2.24) is 20.1 Å². The number of fused-ring (bicyclic) bond motifs is 1. The number of halogens is 5. The number of pyridine rings is 1. The van der Waals surface area contributed by atoms with Gasteiger partial charge in [0.05, 0.1) is 16.8 Å². The van der Waals surface area contributed by atoms with Gasteiger partial charge in [-0.25, -0.2) is 13.8 Å². The molecule has 0 unspecified atom stereocenters. The smallest absolute Gasteiger partial charge is 0.333 e. The van der Waals surface area contributed by atoms with Crippen LogP contribution in [-0.4, -0.2) is 20.1 Å². The largest absolute Gasteiger partial charge is 0.416 e. The average Bonchev–Trinajstić information content (AvgIpc) is 3.24. The van der Waals surface area contributed by atoms with Gasteiger partial charge < -0.3 is 4.98 Å². The van der Waals surface area contributed by atoms with Gasteiger partial charge in [0.15, 0.2) is 11.6 Å². The Hall–Kier alpha value is -4.21. The highest BCUT2D eigenvalue weighted by Gasteiger charge is 2.30. The molecule has 10 heteroatoms. The number of nitrogens with one attached hydrogen (secondary N) is 1. The molecule has 170 valence electrons. The zero-order valence-electron chi connectivity index (χ0n) is 17.3. The van der Waals surface area contributed by atoms with Gasteiger partial charge in [0, 0.05) is 17.3 Å². The molecule has 34 heavy (non-hydrogen) atoms. The molecule has 0 saturated heterocycles. The lowest BCUT2D eigenvalue weighted by molar-refractivity contribution is -0.745. The zero-order chi connectivity index (χ0) is 23.9. The molecule has 5 aromatic rings. The summed E-state index contributed by atoms with van der Waals surface area (Å²) in [5.41, 5.74) is 2.30. The van der Waals surface area contributed by atoms with Crippen LogP contribution in [0.15, 0.2) is 73.2 Å². The minimum Gasteiger partial charge on any atom is -0.333 e. The normalized spacial score (nSPS) is 11.8. The van der Waals surface area contributed by atoms with Crippen LogP contribution in [0.2, 0.25) is 0 Å². The summed E-state index contributed by atoms with van der Waals surface area (Å²) < 4.78 is 67.5. The van der Waals surface area contributed by atoms with Gasteiger partial charge in [0.1, 0.15) is 23.1 Å². The van der Waals surface area contributed by atoms with Crippen molar-refractivity contribution >= 4 is 11.0 Å². The summed E-state index contributed by atoms with van der Waals surface area (Å²) in [5, 5.41) is 4.29. The minimum atomic E-state index is -4.39. The first-order valence-corrected chi connectivity index (χ1v) is 10.1. The lowest BCUT2D eigenvalue weighted by Gasteiger charge is -2.07. The number of alkyl halides is 3. The minimum absolute atomic E-state index is 0.0193. The highest BCUT2D eigenvalue weighted by Crippen LogP contribution is 2.30. The van der Waals surface area contributed by atoms with Crippen LogP contribution < -0.4 is 4.68 Å². The molecule has 0 spiro atoms. The van der Waals surface area contributed by atoms with Crippen LogP contribution in [0.4, 0.5) is 22.0 Å². The first kappa shape index (κ1) is 21.6. The second-order valence-electron chi connectivity index (χ2n) is 7.58. The van der Waals surface area contributed by atoms with Crippen LogP contribution in [0, 0.1) is 11.6 Å². The topological polar surface area (TPSA) is 58.3 Å². The molecule has 5 rings (SSSR count). The van der Waals surface area contributed by atoms with Crippen molar-refractivity contribution in [2.75, 3.05) is 0 Å². The third-order valence-electron chi connectivity index (χ3n) is 5.25. The van der Waals surface area contributed by atoms with Crippen molar-refractivity contribution in [3.8, 4) is 22.6 Å². The van der Waals surface area contributed by atoms with E-state index in [0.29, 0.717) is 28.8 Å². The molecule has 0 bridgehead atoms. The quantitative estimate of drug-likeness (QED) is 0.287. The predicted molar refractivity (Wildman–Crippen MR) is 113 cm³/mol. The highest BCUT2D eigenvalue weighted by atomic mass is 19.4. The Labute approximate surface area is 189 Å². The van der Waals surface area contributed by atoms with Gasteiger partial charge in [-0.1, -0.05) is 22.9 Å². The van der Waals surface area contributed by atoms with Crippen LogP contribution >= 0.6 is 0 Å². The van der Waals surface area contributed by atoms with Crippen molar-refractivity contribution in [2.45, 2.75) is 12.7 Å². The zero-order valence-corrected chi connectivity index (χ0v) is 17.3. The maximum Gasteiger partial charge on any atom is 0.416 e. The van der Waals surface area contributed by atoms with Crippen LogP contribution in [0.5, 0.6) is 0 Å². The second kappa shape index (κ2) is 8.29.